The van der Waals surface area contributed by atoms with Gasteiger partial charge < -0.3 is 14.6 Å². The lowest BCUT2D eigenvalue weighted by Crippen LogP contribution is -2.33. The van der Waals surface area contributed by atoms with E-state index in [4.69, 9.17) is 9.47 Å². The first-order valence-electron chi connectivity index (χ1n) is 6.93. The third kappa shape index (κ3) is 3.52. The minimum absolute atomic E-state index is 0.170. The molecule has 0 radical (unpaired) electrons. The van der Waals surface area contributed by atoms with Crippen molar-refractivity contribution in [1.82, 2.24) is 9.55 Å². The zero-order chi connectivity index (χ0) is 16.3. The second-order valence-electron chi connectivity index (χ2n) is 4.95. The lowest BCUT2D eigenvalue weighted by atomic mass is 10.1. The number of ether oxygens (including phenoxy) is 2. The van der Waals surface area contributed by atoms with E-state index in [9.17, 15) is 19.5 Å². The summed E-state index contributed by atoms with van der Waals surface area (Å²) >= 11 is 0. The normalized spacial score (nSPS) is 24.8. The van der Waals surface area contributed by atoms with Crippen molar-refractivity contribution in [2.75, 3.05) is 6.61 Å². The Morgan fingerprint density at radius 3 is 3.00 bits per heavy atom. The molecule has 22 heavy (non-hydrogen) atoms. The van der Waals surface area contributed by atoms with Crippen LogP contribution in [0.25, 0.3) is 0 Å². The van der Waals surface area contributed by atoms with Gasteiger partial charge in [0.1, 0.15) is 12.3 Å². The number of hydrogen-bond donors (Lipinski definition) is 2. The molecule has 2 rings (SSSR count). The molecule has 120 valence electrons. The summed E-state index contributed by atoms with van der Waals surface area (Å²) in [4.78, 5) is 36.6. The Bertz CT molecular complexity index is 689. The molecular weight excluding hydrogens is 292 g/mol. The molecule has 0 spiro atoms. The lowest BCUT2D eigenvalue weighted by Gasteiger charge is -2.14. The van der Waals surface area contributed by atoms with Gasteiger partial charge in [0.25, 0.3) is 5.56 Å². The predicted octanol–water partition coefficient (Wildman–Crippen LogP) is -0.387. The molecule has 0 aromatic carbocycles. The highest BCUT2D eigenvalue weighted by atomic mass is 16.5. The Morgan fingerprint density at radius 2 is 2.32 bits per heavy atom. The van der Waals surface area contributed by atoms with Gasteiger partial charge in [-0.2, -0.15) is 0 Å². The second-order valence-corrected chi connectivity index (χ2v) is 4.95. The van der Waals surface area contributed by atoms with Crippen LogP contribution in [0.15, 0.2) is 27.9 Å². The van der Waals surface area contributed by atoms with E-state index in [1.807, 2.05) is 0 Å². The highest BCUT2D eigenvalue weighted by Gasteiger charge is 2.34. The predicted molar refractivity (Wildman–Crippen MR) is 76.4 cm³/mol. The van der Waals surface area contributed by atoms with Crippen LogP contribution < -0.4 is 11.2 Å². The third-order valence-electron chi connectivity index (χ3n) is 3.30. The Morgan fingerprint density at radius 1 is 1.59 bits per heavy atom. The number of aromatic nitrogens is 2. The van der Waals surface area contributed by atoms with Gasteiger partial charge >= 0.3 is 11.7 Å². The van der Waals surface area contributed by atoms with Crippen molar-refractivity contribution >= 4 is 5.97 Å². The number of aryl methyl sites for hydroxylation is 1. The number of H-pyrrole nitrogens is 1. The van der Waals surface area contributed by atoms with Gasteiger partial charge in [-0.25, -0.2) is 9.59 Å². The average Bonchev–Trinajstić information content (AvgIpc) is 2.82. The van der Waals surface area contributed by atoms with Crippen LogP contribution in [0.3, 0.4) is 0 Å². The van der Waals surface area contributed by atoms with Gasteiger partial charge in [-0.15, -0.1) is 0 Å². The van der Waals surface area contributed by atoms with Crippen LogP contribution in [-0.2, 0) is 14.3 Å². The molecule has 1 saturated heterocycles. The van der Waals surface area contributed by atoms with Crippen molar-refractivity contribution in [1.29, 1.82) is 0 Å². The van der Waals surface area contributed by atoms with Gasteiger partial charge in [0, 0.05) is 24.3 Å². The minimum Gasteiger partial charge on any atom is -0.463 e. The van der Waals surface area contributed by atoms with Crippen LogP contribution in [0.1, 0.15) is 25.1 Å². The number of carbonyl (C=O) groups excluding carboxylic acids is 1. The zero-order valence-corrected chi connectivity index (χ0v) is 12.3. The Labute approximate surface area is 126 Å². The summed E-state index contributed by atoms with van der Waals surface area (Å²) in [5.74, 6) is -0.529. The molecule has 1 aliphatic heterocycles. The molecule has 2 heterocycles. The summed E-state index contributed by atoms with van der Waals surface area (Å²) in [6.07, 6.45) is 1.82. The van der Waals surface area contributed by atoms with E-state index in [1.165, 1.54) is 22.9 Å². The molecule has 0 amide bonds. The fourth-order valence-corrected chi connectivity index (χ4v) is 2.18. The number of aliphatic hydroxyl groups excluding tert-OH is 1. The number of hydrogen-bond acceptors (Lipinski definition) is 6. The van der Waals surface area contributed by atoms with E-state index in [1.54, 1.807) is 13.8 Å². The molecule has 1 aromatic rings. The van der Waals surface area contributed by atoms with Gasteiger partial charge in [-0.3, -0.25) is 14.3 Å². The molecule has 1 fully saturated rings. The van der Waals surface area contributed by atoms with Crippen molar-refractivity contribution in [2.24, 2.45) is 0 Å². The van der Waals surface area contributed by atoms with E-state index < -0.39 is 35.7 Å². The summed E-state index contributed by atoms with van der Waals surface area (Å²) in [5, 5.41) is 9.96. The topological polar surface area (TPSA) is 111 Å². The van der Waals surface area contributed by atoms with Crippen LogP contribution in [-0.4, -0.2) is 39.4 Å². The maximum absolute atomic E-state index is 11.8. The molecule has 8 nitrogen and oxygen atoms in total. The number of aromatic amines is 1. The molecular formula is C14H18N2O6. The van der Waals surface area contributed by atoms with Crippen LogP contribution in [0, 0.1) is 6.92 Å². The highest BCUT2D eigenvalue weighted by Crippen LogP contribution is 2.28. The summed E-state index contributed by atoms with van der Waals surface area (Å²) in [6, 6.07) is 0. The number of rotatable bonds is 4. The summed E-state index contributed by atoms with van der Waals surface area (Å²) in [6.45, 7) is 3.51. The first-order valence-corrected chi connectivity index (χ1v) is 6.93. The number of esters is 1. The van der Waals surface area contributed by atoms with Gasteiger partial charge in [0.15, 0.2) is 0 Å². The number of aliphatic hydroxyl groups is 1. The molecule has 8 heteroatoms. The van der Waals surface area contributed by atoms with Crippen LogP contribution in [0.5, 0.6) is 0 Å². The first-order chi connectivity index (χ1) is 10.4. The minimum atomic E-state index is -0.866. The van der Waals surface area contributed by atoms with Crippen molar-refractivity contribution < 1.29 is 19.4 Å². The largest absolute Gasteiger partial charge is 0.463 e. The smallest absolute Gasteiger partial charge is 0.330 e. The number of nitrogens with zero attached hydrogens (tertiary/aromatic N) is 1. The summed E-state index contributed by atoms with van der Waals surface area (Å²) < 4.78 is 11.5. The van der Waals surface area contributed by atoms with Gasteiger partial charge in [0.2, 0.25) is 0 Å². The highest BCUT2D eigenvalue weighted by molar-refractivity contribution is 5.81. The monoisotopic (exact) mass is 310 g/mol. The fourth-order valence-electron chi connectivity index (χ4n) is 2.18. The quantitative estimate of drug-likeness (QED) is 0.579. The second kappa shape index (κ2) is 6.71. The van der Waals surface area contributed by atoms with Gasteiger partial charge in [-0.1, -0.05) is 0 Å². The maximum Gasteiger partial charge on any atom is 0.330 e. The summed E-state index contributed by atoms with van der Waals surface area (Å²) in [7, 11) is 0. The number of nitrogens with one attached hydrogen (secondary N) is 1. The van der Waals surface area contributed by atoms with E-state index >= 15 is 0 Å². The zero-order valence-electron chi connectivity index (χ0n) is 12.3. The maximum atomic E-state index is 11.8. The molecule has 0 saturated carbocycles. The van der Waals surface area contributed by atoms with Crippen molar-refractivity contribution in [3.05, 3.63) is 44.8 Å². The van der Waals surface area contributed by atoms with E-state index in [0.29, 0.717) is 5.56 Å². The van der Waals surface area contributed by atoms with E-state index in [-0.39, 0.29) is 13.0 Å². The van der Waals surface area contributed by atoms with Crippen molar-refractivity contribution in [3.63, 3.8) is 0 Å². The molecule has 0 unspecified atom stereocenters. The first kappa shape index (κ1) is 16.2. The Kier molecular flexibility index (Phi) is 4.94. The Balaban J connectivity index is 2.14. The van der Waals surface area contributed by atoms with Crippen molar-refractivity contribution in [3.8, 4) is 0 Å². The molecule has 2 N–H and O–H groups in total. The van der Waals surface area contributed by atoms with Crippen LogP contribution >= 0.6 is 0 Å². The number of carbonyl (C=O) groups is 1. The average molecular weight is 310 g/mol. The molecule has 0 aliphatic carbocycles. The molecule has 3 atom stereocenters. The molecule has 0 bridgehead atoms. The fraction of sp³-hybridized carbons (Fsp3) is 0.500. The van der Waals surface area contributed by atoms with Crippen LogP contribution in [0.4, 0.5) is 0 Å². The molecule has 1 aliphatic rings. The van der Waals surface area contributed by atoms with Crippen molar-refractivity contribution in [2.45, 2.75) is 38.7 Å². The SMILES string of the molecule is CCOC(=O)C=C[C@H]1O[C@@H](n2cc(C)c(=O)[nH]c2=O)C[C@@H]1O. The third-order valence-corrected chi connectivity index (χ3v) is 3.30. The van der Waals surface area contributed by atoms with Gasteiger partial charge in [-0.05, 0) is 19.9 Å². The lowest BCUT2D eigenvalue weighted by molar-refractivity contribution is -0.137. The van der Waals surface area contributed by atoms with Gasteiger partial charge in [0.05, 0.1) is 12.7 Å². The summed E-state index contributed by atoms with van der Waals surface area (Å²) in [5.41, 5.74) is -0.704. The van der Waals surface area contributed by atoms with E-state index in [0.717, 1.165) is 0 Å². The molecule has 1 aromatic heterocycles. The standard InChI is InChI=1S/C14H18N2O6/c1-3-21-12(18)5-4-10-9(17)6-11(22-10)16-7-8(2)13(19)15-14(16)20/h4-5,7,9-11,17H,3,6H2,1-2H3,(H,15,19,20)/t9-,10+,11+/m0/s1. The van der Waals surface area contributed by atoms with E-state index in [2.05, 4.69) is 4.98 Å². The Hall–Kier alpha value is -2.19. The van der Waals surface area contributed by atoms with Crippen LogP contribution in [0.2, 0.25) is 0 Å².